The number of ether oxygens (including phenoxy) is 1. The SMILES string of the molecule is COc1cccc(CC(O)C(O)C(C)(C)C)c1. The van der Waals surface area contributed by atoms with Gasteiger partial charge in [0.2, 0.25) is 0 Å². The molecule has 2 unspecified atom stereocenters. The van der Waals surface area contributed by atoms with Crippen molar-refractivity contribution in [2.75, 3.05) is 7.11 Å². The van der Waals surface area contributed by atoms with Gasteiger partial charge in [-0.25, -0.2) is 0 Å². The minimum Gasteiger partial charge on any atom is -0.497 e. The Hall–Kier alpha value is -1.06. The van der Waals surface area contributed by atoms with E-state index in [4.69, 9.17) is 4.74 Å². The summed E-state index contributed by atoms with van der Waals surface area (Å²) in [7, 11) is 1.61. The fourth-order valence-electron chi connectivity index (χ4n) is 1.73. The van der Waals surface area contributed by atoms with Crippen LogP contribution in [0.1, 0.15) is 26.3 Å². The van der Waals surface area contributed by atoms with Crippen LogP contribution in [-0.2, 0) is 6.42 Å². The van der Waals surface area contributed by atoms with Gasteiger partial charge in [0.1, 0.15) is 5.75 Å². The molecule has 0 saturated heterocycles. The van der Waals surface area contributed by atoms with Gasteiger partial charge >= 0.3 is 0 Å². The summed E-state index contributed by atoms with van der Waals surface area (Å²) >= 11 is 0. The maximum atomic E-state index is 9.98. The lowest BCUT2D eigenvalue weighted by Gasteiger charge is -2.30. The molecule has 0 aromatic heterocycles. The van der Waals surface area contributed by atoms with Crippen molar-refractivity contribution < 1.29 is 14.9 Å². The van der Waals surface area contributed by atoms with Crippen molar-refractivity contribution in [1.82, 2.24) is 0 Å². The zero-order valence-electron chi connectivity index (χ0n) is 11.0. The van der Waals surface area contributed by atoms with E-state index >= 15 is 0 Å². The number of aliphatic hydroxyl groups excluding tert-OH is 2. The van der Waals surface area contributed by atoms with Crippen LogP contribution in [0.15, 0.2) is 24.3 Å². The van der Waals surface area contributed by atoms with Crippen LogP contribution in [-0.4, -0.2) is 29.5 Å². The minimum atomic E-state index is -0.762. The molecule has 0 aliphatic rings. The van der Waals surface area contributed by atoms with Gasteiger partial charge in [0.25, 0.3) is 0 Å². The third kappa shape index (κ3) is 4.02. The molecule has 0 fully saturated rings. The van der Waals surface area contributed by atoms with Gasteiger partial charge in [0, 0.05) is 6.42 Å². The second-order valence-electron chi connectivity index (χ2n) is 5.43. The van der Waals surface area contributed by atoms with E-state index < -0.39 is 12.2 Å². The Labute approximate surface area is 103 Å². The van der Waals surface area contributed by atoms with Gasteiger partial charge in [0.05, 0.1) is 19.3 Å². The van der Waals surface area contributed by atoms with Crippen LogP contribution < -0.4 is 4.74 Å². The maximum Gasteiger partial charge on any atom is 0.119 e. The highest BCUT2D eigenvalue weighted by molar-refractivity contribution is 5.28. The van der Waals surface area contributed by atoms with Gasteiger partial charge in [-0.2, -0.15) is 0 Å². The van der Waals surface area contributed by atoms with Crippen LogP contribution in [0.4, 0.5) is 0 Å². The fourth-order valence-corrected chi connectivity index (χ4v) is 1.73. The van der Waals surface area contributed by atoms with Gasteiger partial charge in [0.15, 0.2) is 0 Å². The lowest BCUT2D eigenvalue weighted by molar-refractivity contribution is -0.0434. The van der Waals surface area contributed by atoms with Crippen molar-refractivity contribution in [3.05, 3.63) is 29.8 Å². The molecule has 1 rings (SSSR count). The Kier molecular flexibility index (Phi) is 4.54. The van der Waals surface area contributed by atoms with E-state index in [2.05, 4.69) is 0 Å². The van der Waals surface area contributed by atoms with Crippen molar-refractivity contribution in [1.29, 1.82) is 0 Å². The normalized spacial score (nSPS) is 15.4. The van der Waals surface area contributed by atoms with E-state index in [1.165, 1.54) is 0 Å². The van der Waals surface area contributed by atoms with Gasteiger partial charge in [-0.05, 0) is 23.1 Å². The summed E-state index contributed by atoms with van der Waals surface area (Å²) < 4.78 is 5.12. The molecule has 2 atom stereocenters. The Morgan fingerprint density at radius 1 is 1.24 bits per heavy atom. The molecule has 1 aromatic carbocycles. The topological polar surface area (TPSA) is 49.7 Å². The fraction of sp³-hybridized carbons (Fsp3) is 0.571. The molecule has 0 saturated carbocycles. The van der Waals surface area contributed by atoms with Crippen molar-refractivity contribution in [2.24, 2.45) is 5.41 Å². The second-order valence-corrected chi connectivity index (χ2v) is 5.43. The smallest absolute Gasteiger partial charge is 0.119 e. The summed E-state index contributed by atoms with van der Waals surface area (Å²) in [6.07, 6.45) is -1.08. The Morgan fingerprint density at radius 3 is 2.41 bits per heavy atom. The maximum absolute atomic E-state index is 9.98. The number of hydrogen-bond acceptors (Lipinski definition) is 3. The summed E-state index contributed by atoms with van der Waals surface area (Å²) in [6.45, 7) is 5.73. The van der Waals surface area contributed by atoms with Crippen LogP contribution in [0.25, 0.3) is 0 Å². The number of rotatable bonds is 4. The lowest BCUT2D eigenvalue weighted by Crippen LogP contribution is -2.38. The van der Waals surface area contributed by atoms with Crippen molar-refractivity contribution >= 4 is 0 Å². The van der Waals surface area contributed by atoms with E-state index in [0.717, 1.165) is 11.3 Å². The Bertz CT molecular complexity index is 355. The third-order valence-electron chi connectivity index (χ3n) is 2.83. The number of hydrogen-bond donors (Lipinski definition) is 2. The Balaban J connectivity index is 2.70. The van der Waals surface area contributed by atoms with Crippen LogP contribution in [0.5, 0.6) is 5.75 Å². The number of benzene rings is 1. The predicted octanol–water partition coefficient (Wildman–Crippen LogP) is 2.01. The molecule has 0 spiro atoms. The zero-order valence-corrected chi connectivity index (χ0v) is 11.0. The molecule has 0 aliphatic carbocycles. The molecular weight excluding hydrogens is 216 g/mol. The van der Waals surface area contributed by atoms with Crippen LogP contribution >= 0.6 is 0 Å². The predicted molar refractivity (Wildman–Crippen MR) is 68.2 cm³/mol. The highest BCUT2D eigenvalue weighted by Gasteiger charge is 2.29. The molecule has 0 heterocycles. The first-order valence-corrected chi connectivity index (χ1v) is 5.83. The van der Waals surface area contributed by atoms with Crippen LogP contribution in [0, 0.1) is 5.41 Å². The van der Waals surface area contributed by atoms with Gasteiger partial charge in [-0.15, -0.1) is 0 Å². The summed E-state index contributed by atoms with van der Waals surface area (Å²) in [5, 5.41) is 19.9. The zero-order chi connectivity index (χ0) is 13.1. The van der Waals surface area contributed by atoms with Crippen molar-refractivity contribution in [2.45, 2.75) is 39.4 Å². The minimum absolute atomic E-state index is 0.321. The average Bonchev–Trinajstić information content (AvgIpc) is 2.27. The monoisotopic (exact) mass is 238 g/mol. The van der Waals surface area contributed by atoms with Gasteiger partial charge in [-0.3, -0.25) is 0 Å². The first-order chi connectivity index (χ1) is 7.84. The molecule has 0 bridgehead atoms. The summed E-state index contributed by atoms with van der Waals surface area (Å²) in [5.41, 5.74) is 0.637. The molecule has 17 heavy (non-hydrogen) atoms. The lowest BCUT2D eigenvalue weighted by atomic mass is 9.84. The van der Waals surface area contributed by atoms with Gasteiger partial charge < -0.3 is 14.9 Å². The van der Waals surface area contributed by atoms with E-state index in [1.54, 1.807) is 7.11 Å². The molecule has 3 heteroatoms. The average molecular weight is 238 g/mol. The molecule has 0 aliphatic heterocycles. The second kappa shape index (κ2) is 5.52. The summed E-state index contributed by atoms with van der Waals surface area (Å²) in [6, 6.07) is 7.53. The van der Waals surface area contributed by atoms with Crippen molar-refractivity contribution in [3.8, 4) is 5.75 Å². The van der Waals surface area contributed by atoms with Crippen LogP contribution in [0.3, 0.4) is 0 Å². The number of aliphatic hydroxyl groups is 2. The van der Waals surface area contributed by atoms with E-state index in [-0.39, 0.29) is 5.41 Å². The molecule has 1 aromatic rings. The van der Waals surface area contributed by atoms with E-state index in [1.807, 2.05) is 45.0 Å². The van der Waals surface area contributed by atoms with E-state index in [9.17, 15) is 10.2 Å². The molecule has 3 nitrogen and oxygen atoms in total. The first-order valence-electron chi connectivity index (χ1n) is 5.83. The van der Waals surface area contributed by atoms with Gasteiger partial charge in [-0.1, -0.05) is 32.9 Å². The Morgan fingerprint density at radius 2 is 1.88 bits per heavy atom. The standard InChI is InChI=1S/C14H22O3/c1-14(2,3)13(16)12(15)9-10-6-5-7-11(8-10)17-4/h5-8,12-13,15-16H,9H2,1-4H3. The quantitative estimate of drug-likeness (QED) is 0.843. The number of methoxy groups -OCH3 is 1. The summed E-state index contributed by atoms with van der Waals surface area (Å²) in [5.74, 6) is 0.764. The molecular formula is C14H22O3. The van der Waals surface area contributed by atoms with Crippen molar-refractivity contribution in [3.63, 3.8) is 0 Å². The highest BCUT2D eigenvalue weighted by atomic mass is 16.5. The molecule has 0 amide bonds. The summed E-state index contributed by atoms with van der Waals surface area (Å²) in [4.78, 5) is 0. The largest absolute Gasteiger partial charge is 0.497 e. The highest BCUT2D eigenvalue weighted by Crippen LogP contribution is 2.24. The third-order valence-corrected chi connectivity index (χ3v) is 2.83. The molecule has 0 radical (unpaired) electrons. The van der Waals surface area contributed by atoms with Crippen LogP contribution in [0.2, 0.25) is 0 Å². The molecule has 96 valence electrons. The molecule has 2 N–H and O–H groups in total. The first kappa shape index (κ1) is 14.0. The van der Waals surface area contributed by atoms with E-state index in [0.29, 0.717) is 6.42 Å².